The quantitative estimate of drug-likeness (QED) is 0.419. The van der Waals surface area contributed by atoms with Crippen LogP contribution in [0.2, 0.25) is 0 Å². The molecule has 3 rings (SSSR count). The molecule has 4 heteroatoms. The number of rotatable bonds is 8. The molecular formula is C29H45N2O2+. The van der Waals surface area contributed by atoms with Crippen LogP contribution >= 0.6 is 0 Å². The fourth-order valence-electron chi connectivity index (χ4n) is 5.24. The van der Waals surface area contributed by atoms with Crippen LogP contribution in [0, 0.1) is 23.7 Å². The van der Waals surface area contributed by atoms with Crippen molar-refractivity contribution in [3.63, 3.8) is 0 Å². The molecule has 0 spiro atoms. The molecular weight excluding hydrogens is 408 g/mol. The largest absolute Gasteiger partial charge is 0.374 e. The van der Waals surface area contributed by atoms with E-state index in [1.807, 2.05) is 14.2 Å². The molecule has 2 unspecified atom stereocenters. The molecule has 2 aliphatic rings. The van der Waals surface area contributed by atoms with Crippen molar-refractivity contribution in [2.24, 2.45) is 23.7 Å². The second-order valence-corrected chi connectivity index (χ2v) is 11.0. The second-order valence-electron chi connectivity index (χ2n) is 11.0. The summed E-state index contributed by atoms with van der Waals surface area (Å²) in [4.78, 5) is 0. The summed E-state index contributed by atoms with van der Waals surface area (Å²) < 4.78 is 16.6. The number of imidazole rings is 1. The minimum absolute atomic E-state index is 0.230. The Morgan fingerprint density at radius 1 is 0.788 bits per heavy atom. The second kappa shape index (κ2) is 9.76. The van der Waals surface area contributed by atoms with Crippen molar-refractivity contribution in [1.82, 2.24) is 4.57 Å². The summed E-state index contributed by atoms with van der Waals surface area (Å²) in [5.74, 6) is 1.72. The molecule has 0 amide bonds. The van der Waals surface area contributed by atoms with E-state index in [4.69, 9.17) is 9.47 Å². The summed E-state index contributed by atoms with van der Waals surface area (Å²) in [6, 6.07) is 0. The van der Waals surface area contributed by atoms with E-state index < -0.39 is 0 Å². The normalized spacial score (nSPS) is 26.1. The van der Waals surface area contributed by atoms with E-state index in [1.165, 1.54) is 22.5 Å². The standard InChI is InChI=1S/C29H45N2O2/c1-20(2)24-17-28(32-9,22(5)6)13-11-26(24)30-15-16-31(19-30)27-12-14-29(33-10,23(7)8)18-25(27)21(3)4/h11-16,19-23H,17-18H2,1-10H3/q+1. The van der Waals surface area contributed by atoms with Crippen molar-refractivity contribution in [2.75, 3.05) is 14.2 Å². The van der Waals surface area contributed by atoms with Crippen LogP contribution in [0.15, 0.2) is 54.2 Å². The topological polar surface area (TPSA) is 27.3 Å². The fourth-order valence-corrected chi connectivity index (χ4v) is 5.24. The highest BCUT2D eigenvalue weighted by Gasteiger charge is 2.39. The summed E-state index contributed by atoms with van der Waals surface area (Å²) in [5, 5.41) is 0. The fraction of sp³-hybridized carbons (Fsp3) is 0.621. The van der Waals surface area contributed by atoms with Crippen molar-refractivity contribution in [3.05, 3.63) is 54.2 Å². The molecule has 2 aliphatic carbocycles. The van der Waals surface area contributed by atoms with Crippen LogP contribution in [0.5, 0.6) is 0 Å². The van der Waals surface area contributed by atoms with Crippen LogP contribution < -0.4 is 4.57 Å². The van der Waals surface area contributed by atoms with E-state index in [0.29, 0.717) is 23.7 Å². The molecule has 0 fully saturated rings. The molecule has 0 saturated heterocycles. The molecule has 33 heavy (non-hydrogen) atoms. The Morgan fingerprint density at radius 3 is 1.79 bits per heavy atom. The zero-order valence-corrected chi connectivity index (χ0v) is 22.5. The average molecular weight is 454 g/mol. The van der Waals surface area contributed by atoms with Crippen LogP contribution in [0.1, 0.15) is 68.2 Å². The number of allylic oxidation sites excluding steroid dienone is 4. The van der Waals surface area contributed by atoms with E-state index in [2.05, 4.69) is 108 Å². The Morgan fingerprint density at radius 2 is 1.30 bits per heavy atom. The van der Waals surface area contributed by atoms with Gasteiger partial charge in [-0.2, -0.15) is 0 Å². The third-order valence-corrected chi connectivity index (χ3v) is 7.94. The van der Waals surface area contributed by atoms with Gasteiger partial charge in [0.25, 0.3) is 6.33 Å². The molecule has 1 heterocycles. The van der Waals surface area contributed by atoms with Crippen LogP contribution in [0.3, 0.4) is 0 Å². The van der Waals surface area contributed by atoms with E-state index in [0.717, 1.165) is 12.8 Å². The third kappa shape index (κ3) is 4.70. The van der Waals surface area contributed by atoms with Crippen LogP contribution in [0.4, 0.5) is 0 Å². The number of hydrogen-bond acceptors (Lipinski definition) is 2. The molecule has 0 saturated carbocycles. The Bertz CT molecular complexity index is 897. The zero-order valence-electron chi connectivity index (χ0n) is 22.5. The number of methoxy groups -OCH3 is 2. The van der Waals surface area contributed by atoms with Gasteiger partial charge in [-0.05, 0) is 59.1 Å². The number of hydrogen-bond donors (Lipinski definition) is 0. The Labute approximate surface area is 201 Å². The Balaban J connectivity index is 2.02. The van der Waals surface area contributed by atoms with Crippen LogP contribution in [0.25, 0.3) is 11.4 Å². The van der Waals surface area contributed by atoms with Gasteiger partial charge in [0.05, 0.1) is 11.2 Å². The Kier molecular flexibility index (Phi) is 7.60. The maximum absolute atomic E-state index is 6.03. The highest BCUT2D eigenvalue weighted by atomic mass is 16.5. The van der Waals surface area contributed by atoms with Crippen LogP contribution in [-0.2, 0) is 9.47 Å². The molecule has 0 radical (unpaired) electrons. The molecule has 182 valence electrons. The van der Waals surface area contributed by atoms with Crippen molar-refractivity contribution >= 4 is 11.4 Å². The first-order valence-electron chi connectivity index (χ1n) is 12.5. The van der Waals surface area contributed by atoms with Gasteiger partial charge < -0.3 is 9.47 Å². The summed E-state index contributed by atoms with van der Waals surface area (Å²) >= 11 is 0. The van der Waals surface area contributed by atoms with Crippen molar-refractivity contribution in [3.8, 4) is 0 Å². The van der Waals surface area contributed by atoms with E-state index in [1.54, 1.807) is 0 Å². The molecule has 0 N–H and O–H groups in total. The summed E-state index contributed by atoms with van der Waals surface area (Å²) in [7, 11) is 3.67. The lowest BCUT2D eigenvalue weighted by Gasteiger charge is -2.38. The number of nitrogens with zero attached hydrogens (tertiary/aromatic N) is 2. The van der Waals surface area contributed by atoms with Gasteiger partial charge in [0, 0.05) is 27.1 Å². The van der Waals surface area contributed by atoms with Gasteiger partial charge in [-0.15, -0.1) is 0 Å². The van der Waals surface area contributed by atoms with E-state index in [-0.39, 0.29) is 11.2 Å². The molecule has 1 aromatic rings. The third-order valence-electron chi connectivity index (χ3n) is 7.94. The summed E-state index contributed by atoms with van der Waals surface area (Å²) in [5.41, 5.74) is 4.93. The molecule has 1 aromatic heterocycles. The predicted octanol–water partition coefficient (Wildman–Crippen LogP) is 6.51. The van der Waals surface area contributed by atoms with E-state index >= 15 is 0 Å². The van der Waals surface area contributed by atoms with E-state index in [9.17, 15) is 0 Å². The highest BCUT2D eigenvalue weighted by Crippen LogP contribution is 2.41. The minimum Gasteiger partial charge on any atom is -0.374 e. The first-order chi connectivity index (χ1) is 15.5. The molecule has 2 atom stereocenters. The lowest BCUT2D eigenvalue weighted by atomic mass is 9.77. The van der Waals surface area contributed by atoms with Gasteiger partial charge in [-0.1, -0.05) is 55.4 Å². The Hall–Kier alpha value is -1.91. The number of aromatic nitrogens is 2. The predicted molar refractivity (Wildman–Crippen MR) is 137 cm³/mol. The summed E-state index contributed by atoms with van der Waals surface area (Å²) in [6.45, 7) is 18.1. The maximum Gasteiger partial charge on any atom is 0.254 e. The monoisotopic (exact) mass is 453 g/mol. The highest BCUT2D eigenvalue weighted by molar-refractivity contribution is 5.65. The van der Waals surface area contributed by atoms with Gasteiger partial charge in [0.2, 0.25) is 0 Å². The summed E-state index contributed by atoms with van der Waals surface area (Å²) in [6.07, 6.45) is 17.5. The first-order valence-corrected chi connectivity index (χ1v) is 12.5. The SMILES string of the molecule is COC1(C(C)C)C=CC(n2cc[n+](C3=C(C(C)C)CC(OC)(C(C)C)C=C3)c2)=C(C(C)C)C1. The zero-order chi connectivity index (χ0) is 24.6. The minimum atomic E-state index is -0.230. The van der Waals surface area contributed by atoms with Crippen molar-refractivity contribution in [1.29, 1.82) is 0 Å². The van der Waals surface area contributed by atoms with Gasteiger partial charge in [-0.3, -0.25) is 0 Å². The molecule has 0 aromatic carbocycles. The lowest BCUT2D eigenvalue weighted by Crippen LogP contribution is -2.41. The van der Waals surface area contributed by atoms with Gasteiger partial charge in [0.1, 0.15) is 23.8 Å². The molecule has 4 nitrogen and oxygen atoms in total. The van der Waals surface area contributed by atoms with Crippen molar-refractivity contribution < 1.29 is 14.0 Å². The average Bonchev–Trinajstić information content (AvgIpc) is 3.27. The lowest BCUT2D eigenvalue weighted by molar-refractivity contribution is -0.578. The number of ether oxygens (including phenoxy) is 2. The first kappa shape index (κ1) is 25.7. The van der Waals surface area contributed by atoms with Crippen molar-refractivity contribution in [2.45, 2.75) is 79.4 Å². The maximum atomic E-state index is 6.03. The smallest absolute Gasteiger partial charge is 0.254 e. The van der Waals surface area contributed by atoms with Gasteiger partial charge in [0.15, 0.2) is 0 Å². The molecule has 0 aliphatic heterocycles. The van der Waals surface area contributed by atoms with Gasteiger partial charge in [-0.25, -0.2) is 9.13 Å². The van der Waals surface area contributed by atoms with Gasteiger partial charge >= 0.3 is 0 Å². The van der Waals surface area contributed by atoms with Crippen LogP contribution in [-0.4, -0.2) is 30.0 Å². The molecule has 0 bridgehead atoms.